The van der Waals surface area contributed by atoms with Crippen molar-refractivity contribution in [3.05, 3.63) is 29.8 Å². The van der Waals surface area contributed by atoms with E-state index in [4.69, 9.17) is 26.7 Å². The molecule has 0 fully saturated rings. The molecule has 0 N–H and O–H groups in total. The van der Waals surface area contributed by atoms with Crippen molar-refractivity contribution in [3.63, 3.8) is 0 Å². The fraction of sp³-hybridized carbons (Fsp3) is 0.467. The van der Waals surface area contributed by atoms with E-state index < -0.39 is 12.6 Å². The van der Waals surface area contributed by atoms with Crippen molar-refractivity contribution >= 4 is 36.0 Å². The number of phosphoric acid groups is 1. The maximum absolute atomic E-state index is 11.7. The first-order valence-electron chi connectivity index (χ1n) is 6.99. The highest BCUT2D eigenvalue weighted by Crippen LogP contribution is 2.47. The summed E-state index contributed by atoms with van der Waals surface area (Å²) in [6.07, 6.45) is 0. The standard InChI is InChI=1S/C15H20NO5PS2/c1-15(2,11-16)24-14(23)12-5-7-13(8-6-12)20-9-10-21-22(17,18-3)19-4/h5-8H,9-10H2,1-4H3. The van der Waals surface area contributed by atoms with Crippen LogP contribution in [0.5, 0.6) is 5.75 Å². The van der Waals surface area contributed by atoms with Gasteiger partial charge in [-0.2, -0.15) is 5.26 Å². The predicted molar refractivity (Wildman–Crippen MR) is 98.5 cm³/mol. The quantitative estimate of drug-likeness (QED) is 0.353. The van der Waals surface area contributed by atoms with E-state index >= 15 is 0 Å². The molecule has 132 valence electrons. The molecule has 1 aromatic carbocycles. The zero-order chi connectivity index (χ0) is 18.2. The number of rotatable bonds is 9. The number of ether oxygens (including phenoxy) is 1. The molecule has 0 aliphatic heterocycles. The van der Waals surface area contributed by atoms with Crippen molar-refractivity contribution < 1.29 is 22.9 Å². The highest BCUT2D eigenvalue weighted by atomic mass is 32.2. The number of hydrogen-bond acceptors (Lipinski definition) is 8. The Bertz CT molecular complexity index is 634. The highest BCUT2D eigenvalue weighted by molar-refractivity contribution is 8.24. The third-order valence-corrected chi connectivity index (χ3v) is 5.66. The summed E-state index contributed by atoms with van der Waals surface area (Å²) in [7, 11) is -0.976. The molecule has 0 aliphatic rings. The zero-order valence-electron chi connectivity index (χ0n) is 14.0. The molecular formula is C15H20NO5PS2. The first kappa shape index (κ1) is 21.1. The van der Waals surface area contributed by atoms with Crippen molar-refractivity contribution in [2.24, 2.45) is 0 Å². The molecule has 0 spiro atoms. The Morgan fingerprint density at radius 3 is 2.33 bits per heavy atom. The van der Waals surface area contributed by atoms with Crippen LogP contribution in [-0.4, -0.2) is 36.4 Å². The third kappa shape index (κ3) is 6.89. The molecule has 9 heteroatoms. The van der Waals surface area contributed by atoms with Gasteiger partial charge in [0.1, 0.15) is 17.1 Å². The van der Waals surface area contributed by atoms with Crippen LogP contribution in [0.2, 0.25) is 0 Å². The first-order chi connectivity index (χ1) is 11.2. The van der Waals surface area contributed by atoms with E-state index in [1.807, 2.05) is 26.0 Å². The summed E-state index contributed by atoms with van der Waals surface area (Å²) < 4.78 is 31.5. The summed E-state index contributed by atoms with van der Waals surface area (Å²) in [5.74, 6) is 0.624. The van der Waals surface area contributed by atoms with Gasteiger partial charge in [0.05, 0.1) is 16.9 Å². The predicted octanol–water partition coefficient (Wildman–Crippen LogP) is 4.19. The van der Waals surface area contributed by atoms with Crippen LogP contribution in [-0.2, 0) is 18.1 Å². The minimum atomic E-state index is -3.47. The summed E-state index contributed by atoms with van der Waals surface area (Å²) in [6.45, 7) is 3.89. The second kappa shape index (κ2) is 9.52. The number of phosphoric ester groups is 1. The molecule has 0 unspecified atom stereocenters. The summed E-state index contributed by atoms with van der Waals surface area (Å²) in [4.78, 5) is 0. The van der Waals surface area contributed by atoms with Gasteiger partial charge in [0, 0.05) is 14.2 Å². The number of thioether (sulfide) groups is 1. The molecule has 0 radical (unpaired) electrons. The molecule has 0 atom stereocenters. The lowest BCUT2D eigenvalue weighted by Gasteiger charge is -2.15. The fourth-order valence-corrected chi connectivity index (χ4v) is 3.67. The average Bonchev–Trinajstić information content (AvgIpc) is 2.58. The monoisotopic (exact) mass is 389 g/mol. The van der Waals surface area contributed by atoms with Crippen LogP contribution in [0.3, 0.4) is 0 Å². The fourth-order valence-electron chi connectivity index (χ4n) is 1.49. The van der Waals surface area contributed by atoms with Gasteiger partial charge < -0.3 is 4.74 Å². The SMILES string of the molecule is COP(=O)(OC)OCCOc1ccc(C(=S)SC(C)(C)C#N)cc1. The van der Waals surface area contributed by atoms with Crippen LogP contribution in [0.4, 0.5) is 0 Å². The Kier molecular flexibility index (Phi) is 8.37. The summed E-state index contributed by atoms with van der Waals surface area (Å²) in [6, 6.07) is 9.40. The molecule has 6 nitrogen and oxygen atoms in total. The van der Waals surface area contributed by atoms with E-state index in [1.54, 1.807) is 12.1 Å². The van der Waals surface area contributed by atoms with Gasteiger partial charge in [0.25, 0.3) is 0 Å². The van der Waals surface area contributed by atoms with Crippen molar-refractivity contribution in [1.82, 2.24) is 0 Å². The van der Waals surface area contributed by atoms with E-state index in [1.165, 1.54) is 26.0 Å². The number of hydrogen-bond donors (Lipinski definition) is 0. The number of nitrogens with zero attached hydrogens (tertiary/aromatic N) is 1. The molecule has 0 aromatic heterocycles. The molecule has 0 aliphatic carbocycles. The third-order valence-electron chi connectivity index (χ3n) is 2.76. The maximum Gasteiger partial charge on any atom is 0.474 e. The highest BCUT2D eigenvalue weighted by Gasteiger charge is 2.22. The Balaban J connectivity index is 2.50. The summed E-state index contributed by atoms with van der Waals surface area (Å²) in [5.41, 5.74) is 0.852. The molecule has 0 heterocycles. The number of nitriles is 1. The maximum atomic E-state index is 11.7. The van der Waals surface area contributed by atoms with Crippen molar-refractivity contribution in [2.75, 3.05) is 27.4 Å². The van der Waals surface area contributed by atoms with Crippen molar-refractivity contribution in [2.45, 2.75) is 18.6 Å². The second-order valence-corrected chi connectivity index (χ2v) is 9.21. The lowest BCUT2D eigenvalue weighted by molar-refractivity contribution is 0.130. The van der Waals surface area contributed by atoms with Gasteiger partial charge in [0.2, 0.25) is 0 Å². The van der Waals surface area contributed by atoms with E-state index in [2.05, 4.69) is 15.1 Å². The zero-order valence-corrected chi connectivity index (χ0v) is 16.5. The summed E-state index contributed by atoms with van der Waals surface area (Å²) in [5, 5.41) is 9.05. The Morgan fingerprint density at radius 2 is 1.83 bits per heavy atom. The van der Waals surface area contributed by atoms with Crippen LogP contribution in [0.1, 0.15) is 19.4 Å². The van der Waals surface area contributed by atoms with E-state index in [0.29, 0.717) is 9.95 Å². The van der Waals surface area contributed by atoms with Crippen LogP contribution in [0.15, 0.2) is 24.3 Å². The number of thiocarbonyl (C=S) groups is 1. The van der Waals surface area contributed by atoms with Crippen molar-refractivity contribution in [3.8, 4) is 11.8 Å². The topological polar surface area (TPSA) is 77.8 Å². The molecule has 0 saturated carbocycles. The first-order valence-corrected chi connectivity index (χ1v) is 9.67. The van der Waals surface area contributed by atoms with Gasteiger partial charge in [-0.3, -0.25) is 13.6 Å². The largest absolute Gasteiger partial charge is 0.491 e. The molecular weight excluding hydrogens is 369 g/mol. The molecule has 1 aromatic rings. The summed E-state index contributed by atoms with van der Waals surface area (Å²) >= 11 is 6.68. The lowest BCUT2D eigenvalue weighted by atomic mass is 10.2. The van der Waals surface area contributed by atoms with Gasteiger partial charge >= 0.3 is 7.82 Å². The van der Waals surface area contributed by atoms with E-state index in [9.17, 15) is 4.57 Å². The van der Waals surface area contributed by atoms with Crippen LogP contribution < -0.4 is 4.74 Å². The Morgan fingerprint density at radius 1 is 1.25 bits per heavy atom. The molecule has 24 heavy (non-hydrogen) atoms. The molecule has 0 bridgehead atoms. The average molecular weight is 389 g/mol. The minimum absolute atomic E-state index is 0.0608. The van der Waals surface area contributed by atoms with Crippen LogP contribution >= 0.6 is 31.8 Å². The van der Waals surface area contributed by atoms with E-state index in [0.717, 1.165) is 5.56 Å². The molecule has 0 saturated heterocycles. The molecule has 1 rings (SSSR count). The van der Waals surface area contributed by atoms with Gasteiger partial charge in [0.15, 0.2) is 0 Å². The lowest BCUT2D eigenvalue weighted by Crippen LogP contribution is -2.14. The van der Waals surface area contributed by atoms with E-state index in [-0.39, 0.29) is 13.2 Å². The smallest absolute Gasteiger partial charge is 0.474 e. The minimum Gasteiger partial charge on any atom is -0.491 e. The normalized spacial score (nSPS) is 11.8. The molecule has 0 amide bonds. The second-order valence-electron chi connectivity index (χ2n) is 5.03. The van der Waals surface area contributed by atoms with Crippen molar-refractivity contribution in [1.29, 1.82) is 5.26 Å². The van der Waals surface area contributed by atoms with Crippen LogP contribution in [0.25, 0.3) is 0 Å². The van der Waals surface area contributed by atoms with Gasteiger partial charge in [-0.25, -0.2) is 4.57 Å². The Hall–Kier alpha value is -0.940. The Labute approximate surface area is 152 Å². The van der Waals surface area contributed by atoms with Gasteiger partial charge in [-0.15, -0.1) is 0 Å². The van der Waals surface area contributed by atoms with Gasteiger partial charge in [-0.05, 0) is 43.7 Å². The van der Waals surface area contributed by atoms with Gasteiger partial charge in [-0.1, -0.05) is 24.0 Å². The number of benzene rings is 1. The van der Waals surface area contributed by atoms with Crippen LogP contribution in [0, 0.1) is 11.3 Å².